The second-order valence-electron chi connectivity index (χ2n) is 7.79. The molecule has 4 nitrogen and oxygen atoms in total. The van der Waals surface area contributed by atoms with Crippen molar-refractivity contribution in [3.05, 3.63) is 77.9 Å². The lowest BCUT2D eigenvalue weighted by atomic mass is 10.1. The summed E-state index contributed by atoms with van der Waals surface area (Å²) in [5, 5.41) is 9.30. The second-order valence-corrected chi connectivity index (χ2v) is 7.79. The second kappa shape index (κ2) is 15.6. The monoisotopic (exact) mass is 433 g/mol. The van der Waals surface area contributed by atoms with Crippen LogP contribution in [-0.4, -0.2) is 23.9 Å². The summed E-state index contributed by atoms with van der Waals surface area (Å²) in [5.41, 5.74) is 2.63. The Hall–Kier alpha value is -3.14. The van der Waals surface area contributed by atoms with Gasteiger partial charge in [0.25, 0.3) is 0 Å². The summed E-state index contributed by atoms with van der Waals surface area (Å²) in [5.74, 6) is -0.123. The number of benzene rings is 2. The lowest BCUT2D eigenvalue weighted by Gasteiger charge is -1.99. The van der Waals surface area contributed by atoms with Crippen LogP contribution in [-0.2, 0) is 9.53 Å². The van der Waals surface area contributed by atoms with Crippen LogP contribution in [0.15, 0.2) is 71.8 Å². The van der Waals surface area contributed by atoms with Crippen molar-refractivity contribution in [2.75, 3.05) is 6.61 Å². The number of hydrogen-bond acceptors (Lipinski definition) is 4. The molecule has 0 saturated carbocycles. The summed E-state index contributed by atoms with van der Waals surface area (Å²) in [6.07, 6.45) is 19.2. The van der Waals surface area contributed by atoms with Gasteiger partial charge in [0.1, 0.15) is 12.4 Å². The third-order valence-electron chi connectivity index (χ3n) is 5.02. The molecule has 0 radical (unpaired) electrons. The van der Waals surface area contributed by atoms with E-state index in [1.807, 2.05) is 30.3 Å². The molecule has 0 fully saturated rings. The van der Waals surface area contributed by atoms with Gasteiger partial charge in [-0.05, 0) is 54.3 Å². The predicted octanol–water partition coefficient (Wildman–Crippen LogP) is 7.40. The third kappa shape index (κ3) is 11.3. The highest BCUT2D eigenvalue weighted by Crippen LogP contribution is 2.16. The fraction of sp³-hybridized carbons (Fsp3) is 0.357. The molecule has 2 aromatic rings. The molecular formula is C28H35NO3. The summed E-state index contributed by atoms with van der Waals surface area (Å²) in [6, 6.07) is 14.4. The minimum atomic E-state index is -0.344. The molecule has 2 rings (SSSR count). The number of aromatic hydroxyl groups is 1. The Morgan fingerprint density at radius 1 is 0.875 bits per heavy atom. The number of ether oxygens (including phenoxy) is 1. The molecule has 32 heavy (non-hydrogen) atoms. The predicted molar refractivity (Wildman–Crippen MR) is 134 cm³/mol. The summed E-state index contributed by atoms with van der Waals surface area (Å²) in [7, 11) is 0. The summed E-state index contributed by atoms with van der Waals surface area (Å²) >= 11 is 0. The lowest BCUT2D eigenvalue weighted by Crippen LogP contribution is -1.99. The molecule has 1 N–H and O–H groups in total. The van der Waals surface area contributed by atoms with E-state index in [1.165, 1.54) is 51.0 Å². The molecule has 0 atom stereocenters. The minimum Gasteiger partial charge on any atom is -0.508 e. The molecule has 0 heterocycles. The molecule has 2 aromatic carbocycles. The lowest BCUT2D eigenvalue weighted by molar-refractivity contribution is -0.136. The fourth-order valence-electron chi connectivity index (χ4n) is 3.13. The van der Waals surface area contributed by atoms with Crippen molar-refractivity contribution in [3.8, 4) is 5.75 Å². The van der Waals surface area contributed by atoms with E-state index in [0.717, 1.165) is 23.2 Å². The SMILES string of the molecule is CCCCCCCCC/C=C/COC(=O)/C=C/c1ccc(C=Nc2ccc(O)cc2)cc1. The van der Waals surface area contributed by atoms with Gasteiger partial charge in [-0.15, -0.1) is 0 Å². The average Bonchev–Trinajstić information content (AvgIpc) is 2.81. The zero-order valence-corrected chi connectivity index (χ0v) is 19.1. The highest BCUT2D eigenvalue weighted by molar-refractivity contribution is 5.87. The number of allylic oxidation sites excluding steroid dienone is 1. The maximum atomic E-state index is 11.8. The minimum absolute atomic E-state index is 0.220. The van der Waals surface area contributed by atoms with Gasteiger partial charge < -0.3 is 9.84 Å². The Morgan fingerprint density at radius 3 is 2.25 bits per heavy atom. The van der Waals surface area contributed by atoms with Crippen molar-refractivity contribution in [1.82, 2.24) is 0 Å². The molecule has 0 aromatic heterocycles. The average molecular weight is 434 g/mol. The highest BCUT2D eigenvalue weighted by atomic mass is 16.5. The molecule has 0 saturated heterocycles. The number of unbranched alkanes of at least 4 members (excludes halogenated alkanes) is 7. The zero-order chi connectivity index (χ0) is 22.9. The molecule has 0 spiro atoms. The van der Waals surface area contributed by atoms with Crippen molar-refractivity contribution in [2.45, 2.75) is 58.3 Å². The molecule has 0 aliphatic rings. The first-order chi connectivity index (χ1) is 15.7. The van der Waals surface area contributed by atoms with Gasteiger partial charge in [0.05, 0.1) is 5.69 Å². The van der Waals surface area contributed by atoms with Gasteiger partial charge in [0, 0.05) is 12.3 Å². The van der Waals surface area contributed by atoms with Crippen molar-refractivity contribution < 1.29 is 14.6 Å². The van der Waals surface area contributed by atoms with Crippen LogP contribution < -0.4 is 0 Å². The van der Waals surface area contributed by atoms with E-state index in [0.29, 0.717) is 6.61 Å². The number of hydrogen-bond donors (Lipinski definition) is 1. The molecular weight excluding hydrogens is 398 g/mol. The van der Waals surface area contributed by atoms with Gasteiger partial charge in [-0.3, -0.25) is 4.99 Å². The largest absolute Gasteiger partial charge is 0.508 e. The first-order valence-corrected chi connectivity index (χ1v) is 11.6. The smallest absolute Gasteiger partial charge is 0.331 e. The third-order valence-corrected chi connectivity index (χ3v) is 5.02. The standard InChI is InChI=1S/C28H35NO3/c1-2-3-4-5-6-7-8-9-10-11-22-32-28(31)21-16-24-12-14-25(15-13-24)23-29-26-17-19-27(30)20-18-26/h10-21,23,30H,2-9,22H2,1H3/b11-10+,21-16+,29-23?. The zero-order valence-electron chi connectivity index (χ0n) is 19.1. The Bertz CT molecular complexity index is 865. The fourth-order valence-corrected chi connectivity index (χ4v) is 3.13. The van der Waals surface area contributed by atoms with Crippen LogP contribution in [0.25, 0.3) is 6.08 Å². The van der Waals surface area contributed by atoms with Gasteiger partial charge in [-0.25, -0.2) is 4.79 Å². The first kappa shape index (κ1) is 25.1. The van der Waals surface area contributed by atoms with Gasteiger partial charge in [0.2, 0.25) is 0 Å². The Morgan fingerprint density at radius 2 is 1.53 bits per heavy atom. The Kier molecular flexibility index (Phi) is 12.3. The van der Waals surface area contributed by atoms with Crippen molar-refractivity contribution in [1.29, 1.82) is 0 Å². The van der Waals surface area contributed by atoms with Crippen LogP contribution in [0, 0.1) is 0 Å². The molecule has 0 amide bonds. The molecule has 4 heteroatoms. The Labute approximate surface area is 192 Å². The normalized spacial score (nSPS) is 11.7. The van der Waals surface area contributed by atoms with Gasteiger partial charge in [-0.1, -0.05) is 81.9 Å². The number of carbonyl (C=O) groups is 1. The van der Waals surface area contributed by atoms with Crippen LogP contribution in [0.2, 0.25) is 0 Å². The number of aliphatic imine (C=N–C) groups is 1. The molecule has 0 bridgehead atoms. The van der Waals surface area contributed by atoms with E-state index in [-0.39, 0.29) is 11.7 Å². The van der Waals surface area contributed by atoms with E-state index in [1.54, 1.807) is 36.6 Å². The van der Waals surface area contributed by atoms with E-state index >= 15 is 0 Å². The van der Waals surface area contributed by atoms with Crippen molar-refractivity contribution in [3.63, 3.8) is 0 Å². The van der Waals surface area contributed by atoms with Crippen molar-refractivity contribution in [2.24, 2.45) is 4.99 Å². The number of rotatable bonds is 14. The van der Waals surface area contributed by atoms with E-state index in [2.05, 4.69) is 18.0 Å². The summed E-state index contributed by atoms with van der Waals surface area (Å²) < 4.78 is 5.20. The van der Waals surface area contributed by atoms with Crippen LogP contribution in [0.4, 0.5) is 5.69 Å². The van der Waals surface area contributed by atoms with E-state index in [9.17, 15) is 9.90 Å². The van der Waals surface area contributed by atoms with E-state index in [4.69, 9.17) is 4.74 Å². The quantitative estimate of drug-likeness (QED) is 0.111. The molecule has 0 aliphatic heterocycles. The maximum absolute atomic E-state index is 11.8. The first-order valence-electron chi connectivity index (χ1n) is 11.6. The number of phenolic OH excluding ortho intramolecular Hbond substituents is 1. The Balaban J connectivity index is 1.62. The molecule has 0 aliphatic carbocycles. The maximum Gasteiger partial charge on any atom is 0.331 e. The molecule has 170 valence electrons. The van der Waals surface area contributed by atoms with Crippen LogP contribution >= 0.6 is 0 Å². The number of nitrogens with zero attached hydrogens (tertiary/aromatic N) is 1. The summed E-state index contributed by atoms with van der Waals surface area (Å²) in [6.45, 7) is 2.55. The number of esters is 1. The van der Waals surface area contributed by atoms with Crippen LogP contribution in [0.3, 0.4) is 0 Å². The highest BCUT2D eigenvalue weighted by Gasteiger charge is 1.96. The summed E-state index contributed by atoms with van der Waals surface area (Å²) in [4.78, 5) is 16.2. The van der Waals surface area contributed by atoms with Crippen molar-refractivity contribution >= 4 is 23.9 Å². The van der Waals surface area contributed by atoms with E-state index < -0.39 is 0 Å². The van der Waals surface area contributed by atoms with Gasteiger partial charge in [0.15, 0.2) is 0 Å². The van der Waals surface area contributed by atoms with Gasteiger partial charge in [-0.2, -0.15) is 0 Å². The van der Waals surface area contributed by atoms with Crippen LogP contribution in [0.1, 0.15) is 69.4 Å². The topological polar surface area (TPSA) is 58.9 Å². The van der Waals surface area contributed by atoms with Crippen LogP contribution in [0.5, 0.6) is 5.75 Å². The van der Waals surface area contributed by atoms with Gasteiger partial charge >= 0.3 is 5.97 Å². The number of phenols is 1. The molecule has 0 unspecified atom stereocenters. The number of carbonyl (C=O) groups excluding carboxylic acids is 1.